The van der Waals surface area contributed by atoms with E-state index in [9.17, 15) is 4.79 Å². The lowest BCUT2D eigenvalue weighted by atomic mass is 10.1. The number of thioether (sulfide) groups is 1. The van der Waals surface area contributed by atoms with E-state index < -0.39 is 0 Å². The number of para-hydroxylation sites is 1. The first-order valence-corrected chi connectivity index (χ1v) is 12.5. The molecule has 0 aliphatic heterocycles. The standard InChI is InChI=1S/C27H31N3OS2/c1-5-20-10-7-9-19(4)25(20)30-26(31)24(6-2)33-23-12-8-11-22(17-23)29-27(32)28-21-15-13-18(3)14-16-21/h7-17,24H,5-6H2,1-4H3,(H,30,31)(H2,28,29,32). The van der Waals surface area contributed by atoms with Crippen molar-refractivity contribution in [3.05, 3.63) is 83.4 Å². The van der Waals surface area contributed by atoms with Crippen molar-refractivity contribution >= 4 is 52.1 Å². The number of amides is 1. The molecule has 0 saturated heterocycles. The van der Waals surface area contributed by atoms with Crippen molar-refractivity contribution in [2.75, 3.05) is 16.0 Å². The van der Waals surface area contributed by atoms with Crippen LogP contribution >= 0.6 is 24.0 Å². The minimum absolute atomic E-state index is 0.0291. The molecule has 1 atom stereocenters. The molecule has 0 spiro atoms. The SMILES string of the molecule is CCc1cccc(C)c1NC(=O)C(CC)Sc1cccc(NC(=S)Nc2ccc(C)cc2)c1. The van der Waals surface area contributed by atoms with Crippen LogP contribution in [0, 0.1) is 13.8 Å². The molecule has 0 heterocycles. The van der Waals surface area contributed by atoms with E-state index >= 15 is 0 Å². The summed E-state index contributed by atoms with van der Waals surface area (Å²) in [5, 5.41) is 9.94. The van der Waals surface area contributed by atoms with Crippen LogP contribution < -0.4 is 16.0 Å². The van der Waals surface area contributed by atoms with Crippen molar-refractivity contribution in [1.82, 2.24) is 0 Å². The number of nitrogens with one attached hydrogen (secondary N) is 3. The summed E-state index contributed by atoms with van der Waals surface area (Å²) in [4.78, 5) is 14.1. The van der Waals surface area contributed by atoms with Gasteiger partial charge in [-0.2, -0.15) is 0 Å². The Morgan fingerprint density at radius 2 is 1.61 bits per heavy atom. The molecular weight excluding hydrogens is 446 g/mol. The average molecular weight is 478 g/mol. The van der Waals surface area contributed by atoms with E-state index in [1.165, 1.54) is 5.56 Å². The predicted molar refractivity (Wildman–Crippen MR) is 147 cm³/mol. The number of hydrogen-bond donors (Lipinski definition) is 3. The topological polar surface area (TPSA) is 53.2 Å². The maximum absolute atomic E-state index is 13.1. The van der Waals surface area contributed by atoms with Crippen LogP contribution in [0.3, 0.4) is 0 Å². The Bertz CT molecular complexity index is 1110. The number of rotatable bonds is 8. The van der Waals surface area contributed by atoms with Crippen molar-refractivity contribution in [2.24, 2.45) is 0 Å². The zero-order chi connectivity index (χ0) is 23.8. The molecular formula is C27H31N3OS2. The number of aryl methyl sites for hydroxylation is 3. The number of thiocarbonyl (C=S) groups is 1. The second kappa shape index (κ2) is 11.9. The lowest BCUT2D eigenvalue weighted by Gasteiger charge is -2.18. The molecule has 4 nitrogen and oxygen atoms in total. The summed E-state index contributed by atoms with van der Waals surface area (Å²) in [5.74, 6) is 0.0291. The number of hydrogen-bond acceptors (Lipinski definition) is 3. The summed E-state index contributed by atoms with van der Waals surface area (Å²) < 4.78 is 0. The molecule has 1 unspecified atom stereocenters. The van der Waals surface area contributed by atoms with Crippen LogP contribution in [0.1, 0.15) is 37.0 Å². The van der Waals surface area contributed by atoms with Gasteiger partial charge in [0.2, 0.25) is 5.91 Å². The minimum atomic E-state index is -0.192. The number of carbonyl (C=O) groups excluding carboxylic acids is 1. The molecule has 0 bridgehead atoms. The first kappa shape index (κ1) is 24.8. The lowest BCUT2D eigenvalue weighted by Crippen LogP contribution is -2.25. The van der Waals surface area contributed by atoms with Gasteiger partial charge in [-0.25, -0.2) is 0 Å². The fourth-order valence-corrected chi connectivity index (χ4v) is 4.72. The van der Waals surface area contributed by atoms with E-state index in [1.54, 1.807) is 11.8 Å². The Kier molecular flexibility index (Phi) is 8.92. The van der Waals surface area contributed by atoms with Gasteiger partial charge in [0, 0.05) is 22.0 Å². The average Bonchev–Trinajstić information content (AvgIpc) is 2.80. The summed E-state index contributed by atoms with van der Waals surface area (Å²) in [6.45, 7) is 8.23. The summed E-state index contributed by atoms with van der Waals surface area (Å²) >= 11 is 7.03. The van der Waals surface area contributed by atoms with Crippen LogP contribution in [-0.2, 0) is 11.2 Å². The Hall–Kier alpha value is -2.83. The van der Waals surface area contributed by atoms with E-state index in [2.05, 4.69) is 35.9 Å². The maximum Gasteiger partial charge on any atom is 0.237 e. The summed E-state index contributed by atoms with van der Waals surface area (Å²) in [7, 11) is 0. The molecule has 1 amide bonds. The van der Waals surface area contributed by atoms with Gasteiger partial charge in [0.15, 0.2) is 5.11 Å². The Morgan fingerprint density at radius 1 is 0.909 bits per heavy atom. The van der Waals surface area contributed by atoms with Crippen molar-refractivity contribution in [3.63, 3.8) is 0 Å². The van der Waals surface area contributed by atoms with Gasteiger partial charge in [0.1, 0.15) is 0 Å². The number of carbonyl (C=O) groups is 1. The second-order valence-electron chi connectivity index (χ2n) is 7.94. The molecule has 3 rings (SSSR count). The van der Waals surface area contributed by atoms with Gasteiger partial charge in [-0.3, -0.25) is 4.79 Å². The molecule has 3 aromatic rings. The van der Waals surface area contributed by atoms with Crippen LogP contribution in [0.2, 0.25) is 0 Å². The summed E-state index contributed by atoms with van der Waals surface area (Å²) in [6, 6.07) is 22.2. The van der Waals surface area contributed by atoms with E-state index in [0.29, 0.717) is 5.11 Å². The quantitative estimate of drug-likeness (QED) is 0.237. The zero-order valence-corrected chi connectivity index (χ0v) is 21.2. The van der Waals surface area contributed by atoms with Crippen molar-refractivity contribution < 1.29 is 4.79 Å². The predicted octanol–water partition coefficient (Wildman–Crippen LogP) is 7.18. The van der Waals surface area contributed by atoms with Gasteiger partial charge >= 0.3 is 0 Å². The van der Waals surface area contributed by atoms with E-state index in [4.69, 9.17) is 12.2 Å². The van der Waals surface area contributed by atoms with Crippen LogP contribution in [-0.4, -0.2) is 16.3 Å². The van der Waals surface area contributed by atoms with Gasteiger partial charge in [-0.1, -0.05) is 55.8 Å². The Labute approximate surface area is 206 Å². The zero-order valence-electron chi connectivity index (χ0n) is 19.6. The van der Waals surface area contributed by atoms with Gasteiger partial charge < -0.3 is 16.0 Å². The normalized spacial score (nSPS) is 11.5. The maximum atomic E-state index is 13.1. The first-order chi connectivity index (χ1) is 15.9. The molecule has 3 N–H and O–H groups in total. The molecule has 6 heteroatoms. The van der Waals surface area contributed by atoms with Crippen molar-refractivity contribution in [2.45, 2.75) is 50.7 Å². The van der Waals surface area contributed by atoms with Gasteiger partial charge in [-0.05, 0) is 80.4 Å². The molecule has 0 saturated carbocycles. The third-order valence-corrected chi connectivity index (χ3v) is 6.89. The van der Waals surface area contributed by atoms with Crippen LogP contribution in [0.4, 0.5) is 17.1 Å². The second-order valence-corrected chi connectivity index (χ2v) is 9.62. The molecule has 0 aromatic heterocycles. The number of benzene rings is 3. The van der Waals surface area contributed by atoms with Crippen LogP contribution in [0.5, 0.6) is 0 Å². The minimum Gasteiger partial charge on any atom is -0.332 e. The first-order valence-electron chi connectivity index (χ1n) is 11.2. The Morgan fingerprint density at radius 3 is 2.30 bits per heavy atom. The van der Waals surface area contributed by atoms with Crippen LogP contribution in [0.25, 0.3) is 0 Å². The van der Waals surface area contributed by atoms with E-state index in [-0.39, 0.29) is 11.2 Å². The van der Waals surface area contributed by atoms with Gasteiger partial charge in [0.25, 0.3) is 0 Å². The molecule has 0 radical (unpaired) electrons. The smallest absolute Gasteiger partial charge is 0.237 e. The Balaban J connectivity index is 1.64. The fraction of sp³-hybridized carbons (Fsp3) is 0.259. The fourth-order valence-electron chi connectivity index (χ4n) is 3.47. The summed E-state index contributed by atoms with van der Waals surface area (Å²) in [6.07, 6.45) is 1.61. The molecule has 0 aliphatic rings. The van der Waals surface area contributed by atoms with Crippen molar-refractivity contribution in [3.8, 4) is 0 Å². The highest BCUT2D eigenvalue weighted by atomic mass is 32.2. The van der Waals surface area contributed by atoms with Crippen LogP contribution in [0.15, 0.2) is 71.6 Å². The monoisotopic (exact) mass is 477 g/mol. The molecule has 0 aliphatic carbocycles. The molecule has 33 heavy (non-hydrogen) atoms. The molecule has 0 fully saturated rings. The van der Waals surface area contributed by atoms with E-state index in [0.717, 1.165) is 45.9 Å². The molecule has 3 aromatic carbocycles. The third-order valence-electron chi connectivity index (χ3n) is 5.33. The third kappa shape index (κ3) is 7.07. The van der Waals surface area contributed by atoms with E-state index in [1.807, 2.05) is 74.5 Å². The molecule has 172 valence electrons. The summed E-state index contributed by atoms with van der Waals surface area (Å²) in [5.41, 5.74) is 6.20. The highest BCUT2D eigenvalue weighted by molar-refractivity contribution is 8.00. The number of anilines is 3. The van der Waals surface area contributed by atoms with Gasteiger partial charge in [0.05, 0.1) is 5.25 Å². The van der Waals surface area contributed by atoms with Crippen molar-refractivity contribution in [1.29, 1.82) is 0 Å². The highest BCUT2D eigenvalue weighted by Crippen LogP contribution is 2.30. The largest absolute Gasteiger partial charge is 0.332 e. The van der Waals surface area contributed by atoms with Gasteiger partial charge in [-0.15, -0.1) is 11.8 Å². The highest BCUT2D eigenvalue weighted by Gasteiger charge is 2.20. The lowest BCUT2D eigenvalue weighted by molar-refractivity contribution is -0.115.